The summed E-state index contributed by atoms with van der Waals surface area (Å²) in [5.74, 6) is 37.7. The summed E-state index contributed by atoms with van der Waals surface area (Å²) in [7, 11) is 0. The quantitative estimate of drug-likeness (QED) is 0.405. The van der Waals surface area contributed by atoms with Crippen LogP contribution in [-0.4, -0.2) is 5.97 Å². The third kappa shape index (κ3) is 13.7. The summed E-state index contributed by atoms with van der Waals surface area (Å²) in [6.45, 7) is 4.91. The van der Waals surface area contributed by atoms with Crippen molar-refractivity contribution in [2.45, 2.75) is 6.92 Å². The van der Waals surface area contributed by atoms with Gasteiger partial charge in [-0.3, -0.25) is 0 Å². The van der Waals surface area contributed by atoms with Gasteiger partial charge in [-0.25, -0.2) is 4.79 Å². The van der Waals surface area contributed by atoms with Crippen molar-refractivity contribution in [1.82, 2.24) is 0 Å². The molecule has 24 heavy (non-hydrogen) atoms. The molecule has 0 amide bonds. The molecule has 0 aromatic heterocycles. The van der Waals surface area contributed by atoms with Crippen LogP contribution in [0.5, 0.6) is 0 Å². The molecule has 0 bridgehead atoms. The normalized spacial score (nSPS) is 5.00. The summed E-state index contributed by atoms with van der Waals surface area (Å²) >= 11 is 0. The number of carbonyl (C=O) groups is 1. The number of terminal acetylenes is 1. The Labute approximate surface area is 142 Å². The van der Waals surface area contributed by atoms with E-state index in [1.54, 1.807) is 0 Å². The molecular weight excluding hydrogens is 296 g/mol. The van der Waals surface area contributed by atoms with E-state index < -0.39 is 5.97 Å². The monoisotopic (exact) mass is 302 g/mol. The molecule has 0 saturated carbocycles. The zero-order chi connectivity index (χ0) is 17.9. The Kier molecular flexibility index (Phi) is 11.8. The van der Waals surface area contributed by atoms with Gasteiger partial charge in [0.15, 0.2) is 0 Å². The van der Waals surface area contributed by atoms with Gasteiger partial charge in [-0.2, -0.15) is 0 Å². The second-order valence-corrected chi connectivity index (χ2v) is 3.29. The smallest absolute Gasteiger partial charge is 0.347 e. The number of ether oxygens (including phenoxy) is 1. The van der Waals surface area contributed by atoms with Crippen LogP contribution in [0.2, 0.25) is 0 Å². The van der Waals surface area contributed by atoms with Crippen LogP contribution in [-0.2, 0) is 9.53 Å². The van der Waals surface area contributed by atoms with E-state index in [-0.39, 0.29) is 5.57 Å². The molecule has 106 valence electrons. The third-order valence-corrected chi connectivity index (χ3v) is 1.49. The minimum atomic E-state index is -0.602. The lowest BCUT2D eigenvalue weighted by Crippen LogP contribution is -1.99. The van der Waals surface area contributed by atoms with Crippen molar-refractivity contribution in [2.24, 2.45) is 0 Å². The van der Waals surface area contributed by atoms with Crippen LogP contribution >= 0.6 is 0 Å². The molecule has 0 saturated heterocycles. The van der Waals surface area contributed by atoms with Gasteiger partial charge in [-0.05, 0) is 54.3 Å². The van der Waals surface area contributed by atoms with Crippen LogP contribution in [0.4, 0.5) is 0 Å². The molecule has 2 nitrogen and oxygen atoms in total. The van der Waals surface area contributed by atoms with Crippen molar-refractivity contribution in [1.29, 1.82) is 0 Å². The lowest BCUT2D eigenvalue weighted by Gasteiger charge is -1.89. The Balaban J connectivity index is 4.36. The Morgan fingerprint density at radius 2 is 1.04 bits per heavy atom. The summed E-state index contributed by atoms with van der Waals surface area (Å²) in [6, 6.07) is 0. The Morgan fingerprint density at radius 3 is 1.38 bits per heavy atom. The molecule has 0 aromatic rings. The summed E-state index contributed by atoms with van der Waals surface area (Å²) in [4.78, 5) is 10.9. The number of hydrogen-bond acceptors (Lipinski definition) is 2. The van der Waals surface area contributed by atoms with Crippen molar-refractivity contribution in [3.8, 4) is 107 Å². The molecule has 0 aromatic carbocycles. The Morgan fingerprint density at radius 1 is 0.708 bits per heavy atom. The highest BCUT2D eigenvalue weighted by molar-refractivity contribution is 5.87. The Bertz CT molecular complexity index is 1060. The van der Waals surface area contributed by atoms with Crippen LogP contribution in [0.25, 0.3) is 0 Å². The lowest BCUT2D eigenvalue weighted by molar-refractivity contribution is -0.132. The van der Waals surface area contributed by atoms with Gasteiger partial charge in [0.2, 0.25) is 0 Å². The minimum Gasteiger partial charge on any atom is -0.368 e. The van der Waals surface area contributed by atoms with Gasteiger partial charge in [-0.15, -0.1) is 6.42 Å². The molecule has 0 radical (unpaired) electrons. The molecule has 0 aliphatic carbocycles. The fraction of sp³-hybridized carbons (Fsp3) is 0.0455. The summed E-state index contributed by atoms with van der Waals surface area (Å²) in [5, 5.41) is 0. The molecule has 2 heteroatoms. The highest BCUT2D eigenvalue weighted by Gasteiger charge is 1.98. The largest absolute Gasteiger partial charge is 0.368 e. The first-order valence-corrected chi connectivity index (χ1v) is 6.00. The minimum absolute atomic E-state index is 0.253. The molecule has 0 rings (SSSR count). The molecule has 0 N–H and O–H groups in total. The fourth-order valence-corrected chi connectivity index (χ4v) is 0.627. The van der Waals surface area contributed by atoms with Crippen LogP contribution in [0, 0.1) is 107 Å². The molecule has 0 heterocycles. The van der Waals surface area contributed by atoms with E-state index in [4.69, 9.17) is 6.42 Å². The van der Waals surface area contributed by atoms with E-state index in [9.17, 15) is 4.79 Å². The van der Waals surface area contributed by atoms with E-state index in [1.165, 1.54) is 6.92 Å². The molecular formula is C22H6O2. The molecule has 0 fully saturated rings. The molecule has 0 aliphatic heterocycles. The van der Waals surface area contributed by atoms with Crippen molar-refractivity contribution in [3.63, 3.8) is 0 Å². The topological polar surface area (TPSA) is 26.3 Å². The van der Waals surface area contributed by atoms with E-state index >= 15 is 0 Å². The average molecular weight is 302 g/mol. The van der Waals surface area contributed by atoms with Crippen LogP contribution < -0.4 is 0 Å². The van der Waals surface area contributed by atoms with Gasteiger partial charge in [0.1, 0.15) is 6.11 Å². The lowest BCUT2D eigenvalue weighted by atomic mass is 10.4. The number of esters is 1. The predicted octanol–water partition coefficient (Wildman–Crippen LogP) is 0.724. The van der Waals surface area contributed by atoms with Crippen LogP contribution in [0.3, 0.4) is 0 Å². The van der Waals surface area contributed by atoms with Crippen LogP contribution in [0.1, 0.15) is 6.92 Å². The van der Waals surface area contributed by atoms with Gasteiger partial charge >= 0.3 is 5.97 Å². The molecule has 0 spiro atoms. The maximum Gasteiger partial charge on any atom is 0.347 e. The Hall–Kier alpha value is -4.75. The first-order chi connectivity index (χ1) is 11.7. The molecule has 0 unspecified atom stereocenters. The van der Waals surface area contributed by atoms with Gasteiger partial charge in [0.25, 0.3) is 0 Å². The first-order valence-electron chi connectivity index (χ1n) is 6.00. The first kappa shape index (κ1) is 19.2. The van der Waals surface area contributed by atoms with Crippen molar-refractivity contribution in [2.75, 3.05) is 0 Å². The summed E-state index contributed by atoms with van der Waals surface area (Å²) < 4.78 is 4.49. The second-order valence-electron chi connectivity index (χ2n) is 3.29. The van der Waals surface area contributed by atoms with E-state index in [0.717, 1.165) is 0 Å². The summed E-state index contributed by atoms with van der Waals surface area (Å²) in [6.07, 6.45) is 7.01. The zero-order valence-corrected chi connectivity index (χ0v) is 12.6. The predicted molar refractivity (Wildman–Crippen MR) is 91.9 cm³/mol. The average Bonchev–Trinajstić information content (AvgIpc) is 2.57. The van der Waals surface area contributed by atoms with Gasteiger partial charge in [0, 0.05) is 52.9 Å². The standard InChI is InChI=1S/C22H6O2/c1-4-5-6-7-8-9-10-11-12-13-14-15-16-17-18-19-20-24-22(23)21(2)3/h1H,2H2,3H3. The molecule has 0 aliphatic rings. The summed E-state index contributed by atoms with van der Waals surface area (Å²) in [5.41, 5.74) is 0.253. The fourth-order valence-electron chi connectivity index (χ4n) is 0.627. The third-order valence-electron chi connectivity index (χ3n) is 1.49. The highest BCUT2D eigenvalue weighted by Crippen LogP contribution is 1.89. The van der Waals surface area contributed by atoms with Crippen molar-refractivity contribution < 1.29 is 9.53 Å². The SMILES string of the molecule is C#CC#CC#CC#CC#CC#CC#CC#CC#COC(=O)C(=C)C. The highest BCUT2D eigenvalue weighted by atomic mass is 16.5. The van der Waals surface area contributed by atoms with Crippen molar-refractivity contribution >= 4 is 5.97 Å². The van der Waals surface area contributed by atoms with E-state index in [2.05, 4.69) is 112 Å². The molecule has 0 atom stereocenters. The second kappa shape index (κ2) is 14.7. The number of rotatable bonds is 1. The van der Waals surface area contributed by atoms with E-state index in [0.29, 0.717) is 0 Å². The van der Waals surface area contributed by atoms with Gasteiger partial charge in [0.05, 0.1) is 0 Å². The zero-order valence-electron chi connectivity index (χ0n) is 12.6. The van der Waals surface area contributed by atoms with Crippen molar-refractivity contribution in [3.05, 3.63) is 12.2 Å². The van der Waals surface area contributed by atoms with Gasteiger partial charge in [-0.1, -0.05) is 6.58 Å². The van der Waals surface area contributed by atoms with Crippen LogP contribution in [0.15, 0.2) is 12.2 Å². The maximum absolute atomic E-state index is 10.9. The number of carbonyl (C=O) groups excluding carboxylic acids is 1. The van der Waals surface area contributed by atoms with Gasteiger partial charge < -0.3 is 4.74 Å². The van der Waals surface area contributed by atoms with E-state index in [1.807, 2.05) is 0 Å². The number of hydrogen-bond donors (Lipinski definition) is 0. The maximum atomic E-state index is 10.9.